The Morgan fingerprint density at radius 2 is 1.84 bits per heavy atom. The number of aryl methyl sites for hydroxylation is 1. The van der Waals surface area contributed by atoms with Gasteiger partial charge in [0.05, 0.1) is 5.75 Å². The first-order valence-corrected chi connectivity index (χ1v) is 10.8. The standard InChI is InChI=1S/C19H30N2O3S/c1-16(2)15-20-19(22)18-10-12-21(13-11-18)25(23,24)14-6-9-17-7-4-3-5-8-17/h3-5,7-8,16,18H,6,9-15H2,1-2H3,(H,20,22). The van der Waals surface area contributed by atoms with Crippen LogP contribution >= 0.6 is 0 Å². The van der Waals surface area contributed by atoms with Crippen LogP contribution < -0.4 is 5.32 Å². The summed E-state index contributed by atoms with van der Waals surface area (Å²) in [5.74, 6) is 0.602. The number of amides is 1. The molecule has 25 heavy (non-hydrogen) atoms. The zero-order valence-corrected chi connectivity index (χ0v) is 16.1. The van der Waals surface area contributed by atoms with Crippen LogP contribution in [0, 0.1) is 11.8 Å². The van der Waals surface area contributed by atoms with Gasteiger partial charge in [-0.15, -0.1) is 0 Å². The Hall–Kier alpha value is -1.40. The second kappa shape index (κ2) is 9.34. The SMILES string of the molecule is CC(C)CNC(=O)C1CCN(S(=O)(=O)CCCc2ccccc2)CC1. The van der Waals surface area contributed by atoms with E-state index < -0.39 is 10.0 Å². The summed E-state index contributed by atoms with van der Waals surface area (Å²) in [6.07, 6.45) is 2.62. The summed E-state index contributed by atoms with van der Waals surface area (Å²) in [5, 5.41) is 2.95. The number of hydrogen-bond acceptors (Lipinski definition) is 3. The minimum absolute atomic E-state index is 0.0606. The summed E-state index contributed by atoms with van der Waals surface area (Å²) in [7, 11) is -3.23. The highest BCUT2D eigenvalue weighted by atomic mass is 32.2. The molecule has 1 amide bonds. The van der Waals surface area contributed by atoms with Crippen LogP contribution in [0.3, 0.4) is 0 Å². The Kier molecular flexibility index (Phi) is 7.44. The third-order valence-corrected chi connectivity index (χ3v) is 6.57. The highest BCUT2D eigenvalue weighted by Crippen LogP contribution is 2.20. The highest BCUT2D eigenvalue weighted by molar-refractivity contribution is 7.89. The average molecular weight is 367 g/mol. The highest BCUT2D eigenvalue weighted by Gasteiger charge is 2.30. The van der Waals surface area contributed by atoms with Crippen molar-refractivity contribution in [2.24, 2.45) is 11.8 Å². The molecule has 1 heterocycles. The molecule has 1 aliphatic heterocycles. The van der Waals surface area contributed by atoms with Crippen molar-refractivity contribution in [2.75, 3.05) is 25.4 Å². The lowest BCUT2D eigenvalue weighted by Crippen LogP contribution is -2.44. The molecular weight excluding hydrogens is 336 g/mol. The Bertz CT molecular complexity index is 636. The molecule has 2 rings (SSSR count). The molecule has 1 aromatic rings. The van der Waals surface area contributed by atoms with E-state index in [0.29, 0.717) is 44.8 Å². The first-order valence-electron chi connectivity index (χ1n) is 9.18. The lowest BCUT2D eigenvalue weighted by atomic mass is 9.97. The zero-order chi connectivity index (χ0) is 18.3. The first-order chi connectivity index (χ1) is 11.9. The summed E-state index contributed by atoms with van der Waals surface area (Å²) in [6, 6.07) is 9.95. The number of carbonyl (C=O) groups is 1. The molecule has 5 nitrogen and oxygen atoms in total. The number of piperidine rings is 1. The molecule has 1 fully saturated rings. The summed E-state index contributed by atoms with van der Waals surface area (Å²) in [4.78, 5) is 12.1. The van der Waals surface area contributed by atoms with Crippen LogP contribution in [0.2, 0.25) is 0 Å². The summed E-state index contributed by atoms with van der Waals surface area (Å²) >= 11 is 0. The van der Waals surface area contributed by atoms with Gasteiger partial charge in [-0.1, -0.05) is 44.2 Å². The van der Waals surface area contributed by atoms with Gasteiger partial charge in [0.25, 0.3) is 0 Å². The van der Waals surface area contributed by atoms with E-state index in [9.17, 15) is 13.2 Å². The van der Waals surface area contributed by atoms with Crippen molar-refractivity contribution in [3.63, 3.8) is 0 Å². The number of sulfonamides is 1. The lowest BCUT2D eigenvalue weighted by molar-refractivity contribution is -0.126. The van der Waals surface area contributed by atoms with Crippen LogP contribution in [0.25, 0.3) is 0 Å². The molecule has 0 radical (unpaired) electrons. The molecule has 140 valence electrons. The summed E-state index contributed by atoms with van der Waals surface area (Å²) in [5.41, 5.74) is 1.17. The Balaban J connectivity index is 1.75. The normalized spacial score (nSPS) is 16.9. The maximum absolute atomic E-state index is 12.5. The van der Waals surface area contributed by atoms with E-state index in [1.54, 1.807) is 4.31 Å². The van der Waals surface area contributed by atoms with Crippen molar-refractivity contribution in [3.8, 4) is 0 Å². The molecule has 1 aromatic carbocycles. The van der Waals surface area contributed by atoms with Gasteiger partial charge in [0.15, 0.2) is 0 Å². The Labute approximate surface area is 151 Å². The molecule has 1 N–H and O–H groups in total. The maximum atomic E-state index is 12.5. The van der Waals surface area contributed by atoms with Gasteiger partial charge in [-0.2, -0.15) is 0 Å². The van der Waals surface area contributed by atoms with Gasteiger partial charge >= 0.3 is 0 Å². The van der Waals surface area contributed by atoms with Gasteiger partial charge < -0.3 is 5.32 Å². The fraction of sp³-hybridized carbons (Fsp3) is 0.632. The quantitative estimate of drug-likeness (QED) is 0.768. The average Bonchev–Trinajstić information content (AvgIpc) is 2.60. The van der Waals surface area contributed by atoms with Crippen molar-refractivity contribution in [1.82, 2.24) is 9.62 Å². The van der Waals surface area contributed by atoms with E-state index in [4.69, 9.17) is 0 Å². The predicted molar refractivity (Wildman–Crippen MR) is 101 cm³/mol. The molecule has 0 bridgehead atoms. The second-order valence-electron chi connectivity index (χ2n) is 7.22. The largest absolute Gasteiger partial charge is 0.356 e. The van der Waals surface area contributed by atoms with E-state index in [1.807, 2.05) is 30.3 Å². The molecular formula is C19H30N2O3S. The minimum atomic E-state index is -3.23. The van der Waals surface area contributed by atoms with E-state index in [2.05, 4.69) is 19.2 Å². The van der Waals surface area contributed by atoms with Crippen molar-refractivity contribution in [1.29, 1.82) is 0 Å². The first kappa shape index (κ1) is 19.9. The Morgan fingerprint density at radius 3 is 2.44 bits per heavy atom. The number of nitrogens with one attached hydrogen (secondary N) is 1. The predicted octanol–water partition coefficient (Wildman–Crippen LogP) is 2.43. The van der Waals surface area contributed by atoms with Gasteiger partial charge in [-0.05, 0) is 37.2 Å². The summed E-state index contributed by atoms with van der Waals surface area (Å²) in [6.45, 7) is 5.70. The topological polar surface area (TPSA) is 66.5 Å². The Morgan fingerprint density at radius 1 is 1.20 bits per heavy atom. The minimum Gasteiger partial charge on any atom is -0.356 e. The molecule has 0 saturated carbocycles. The smallest absolute Gasteiger partial charge is 0.223 e. The van der Waals surface area contributed by atoms with E-state index in [1.165, 1.54) is 5.56 Å². The molecule has 0 aromatic heterocycles. The molecule has 1 aliphatic rings. The number of hydrogen-bond donors (Lipinski definition) is 1. The van der Waals surface area contributed by atoms with Crippen molar-refractivity contribution in [3.05, 3.63) is 35.9 Å². The molecule has 0 spiro atoms. The van der Waals surface area contributed by atoms with E-state index >= 15 is 0 Å². The van der Waals surface area contributed by atoms with Crippen LogP contribution in [0.4, 0.5) is 0 Å². The van der Waals surface area contributed by atoms with Crippen LogP contribution in [0.15, 0.2) is 30.3 Å². The van der Waals surface area contributed by atoms with Gasteiger partial charge in [-0.3, -0.25) is 4.79 Å². The number of nitrogens with zero attached hydrogens (tertiary/aromatic N) is 1. The third-order valence-electron chi connectivity index (χ3n) is 4.61. The zero-order valence-electron chi connectivity index (χ0n) is 15.3. The molecule has 0 aliphatic carbocycles. The summed E-state index contributed by atoms with van der Waals surface area (Å²) < 4.78 is 26.5. The fourth-order valence-corrected chi connectivity index (χ4v) is 4.61. The van der Waals surface area contributed by atoms with Gasteiger partial charge in [-0.25, -0.2) is 12.7 Å². The van der Waals surface area contributed by atoms with E-state index in [0.717, 1.165) is 6.42 Å². The number of benzene rings is 1. The van der Waals surface area contributed by atoms with E-state index in [-0.39, 0.29) is 17.6 Å². The number of rotatable bonds is 8. The van der Waals surface area contributed by atoms with Crippen LogP contribution in [0.1, 0.15) is 38.7 Å². The van der Waals surface area contributed by atoms with Gasteiger partial charge in [0.2, 0.25) is 15.9 Å². The van der Waals surface area contributed by atoms with Gasteiger partial charge in [0, 0.05) is 25.6 Å². The van der Waals surface area contributed by atoms with Crippen LogP contribution in [-0.2, 0) is 21.2 Å². The van der Waals surface area contributed by atoms with Crippen molar-refractivity contribution < 1.29 is 13.2 Å². The van der Waals surface area contributed by atoms with Crippen molar-refractivity contribution >= 4 is 15.9 Å². The molecule has 0 atom stereocenters. The molecule has 6 heteroatoms. The molecule has 1 saturated heterocycles. The lowest BCUT2D eigenvalue weighted by Gasteiger charge is -2.30. The number of carbonyl (C=O) groups excluding carboxylic acids is 1. The molecule has 0 unspecified atom stereocenters. The van der Waals surface area contributed by atoms with Crippen LogP contribution in [-0.4, -0.2) is 44.0 Å². The second-order valence-corrected chi connectivity index (χ2v) is 9.31. The van der Waals surface area contributed by atoms with Crippen LogP contribution in [0.5, 0.6) is 0 Å². The maximum Gasteiger partial charge on any atom is 0.223 e. The van der Waals surface area contributed by atoms with Gasteiger partial charge in [0.1, 0.15) is 0 Å². The van der Waals surface area contributed by atoms with Crippen molar-refractivity contribution in [2.45, 2.75) is 39.5 Å². The monoisotopic (exact) mass is 366 g/mol. The third kappa shape index (κ3) is 6.44. The fourth-order valence-electron chi connectivity index (χ4n) is 3.08.